The molecular formula is C16H20N2O4S. The third kappa shape index (κ3) is 3.98. The lowest BCUT2D eigenvalue weighted by atomic mass is 10.3. The number of hydrogen-bond acceptors (Lipinski definition) is 6. The molecule has 1 unspecified atom stereocenters. The van der Waals surface area contributed by atoms with E-state index in [2.05, 4.69) is 10.3 Å². The van der Waals surface area contributed by atoms with Crippen LogP contribution in [0, 0.1) is 6.92 Å². The van der Waals surface area contributed by atoms with Crippen LogP contribution in [-0.4, -0.2) is 23.5 Å². The normalized spacial score (nSPS) is 12.0. The smallest absolute Gasteiger partial charge is 0.350 e. The summed E-state index contributed by atoms with van der Waals surface area (Å²) in [5.74, 6) is 0.346. The molecule has 2 aromatic heterocycles. The molecule has 0 aliphatic rings. The van der Waals surface area contributed by atoms with Gasteiger partial charge in [0.05, 0.1) is 18.3 Å². The van der Waals surface area contributed by atoms with Crippen molar-refractivity contribution in [3.8, 4) is 0 Å². The van der Waals surface area contributed by atoms with Crippen molar-refractivity contribution >= 4 is 23.2 Å². The second-order valence-electron chi connectivity index (χ2n) is 5.00. The van der Waals surface area contributed by atoms with Crippen LogP contribution in [0.2, 0.25) is 0 Å². The van der Waals surface area contributed by atoms with E-state index in [4.69, 9.17) is 9.15 Å². The molecule has 2 rings (SSSR count). The molecule has 0 saturated carbocycles. The summed E-state index contributed by atoms with van der Waals surface area (Å²) in [5.41, 5.74) is 0.607. The van der Waals surface area contributed by atoms with E-state index in [0.717, 1.165) is 12.2 Å². The Labute approximate surface area is 138 Å². The van der Waals surface area contributed by atoms with Crippen LogP contribution >= 0.6 is 11.3 Å². The number of aromatic nitrogens is 1. The summed E-state index contributed by atoms with van der Waals surface area (Å²) in [6.07, 6.45) is 0.734. The largest absolute Gasteiger partial charge is 0.462 e. The topological polar surface area (TPSA) is 81.4 Å². The third-order valence-corrected chi connectivity index (χ3v) is 4.55. The first-order valence-electron chi connectivity index (χ1n) is 7.50. The van der Waals surface area contributed by atoms with E-state index < -0.39 is 0 Å². The van der Waals surface area contributed by atoms with Gasteiger partial charge in [0.25, 0.3) is 5.91 Å². The molecule has 0 aliphatic heterocycles. The number of rotatable bonds is 6. The molecule has 0 fully saturated rings. The van der Waals surface area contributed by atoms with Crippen molar-refractivity contribution in [2.24, 2.45) is 0 Å². The number of thiazole rings is 1. The predicted molar refractivity (Wildman–Crippen MR) is 86.8 cm³/mol. The van der Waals surface area contributed by atoms with E-state index in [9.17, 15) is 9.59 Å². The van der Waals surface area contributed by atoms with Crippen molar-refractivity contribution in [3.63, 3.8) is 0 Å². The molecule has 0 aromatic carbocycles. The number of hydrogen-bond donors (Lipinski definition) is 1. The molecule has 6 nitrogen and oxygen atoms in total. The van der Waals surface area contributed by atoms with E-state index >= 15 is 0 Å². The molecular weight excluding hydrogens is 316 g/mol. The Morgan fingerprint density at radius 2 is 2.13 bits per heavy atom. The minimum atomic E-state index is -0.383. The van der Waals surface area contributed by atoms with Crippen LogP contribution in [0.3, 0.4) is 0 Å². The molecule has 1 amide bonds. The lowest BCUT2D eigenvalue weighted by molar-refractivity contribution is 0.0531. The van der Waals surface area contributed by atoms with Gasteiger partial charge in [-0.1, -0.05) is 6.92 Å². The fourth-order valence-corrected chi connectivity index (χ4v) is 2.97. The van der Waals surface area contributed by atoms with Gasteiger partial charge in [-0.15, -0.1) is 11.3 Å². The molecule has 0 spiro atoms. The van der Waals surface area contributed by atoms with Gasteiger partial charge < -0.3 is 14.5 Å². The standard InChI is InChI=1S/C16H20N2O4S/c1-5-11-7-8-12(22-11)14(19)17-10(4)15-18-9(3)13(23-15)16(20)21-6-2/h7-8,10H,5-6H2,1-4H3,(H,17,19). The van der Waals surface area contributed by atoms with Gasteiger partial charge in [-0.2, -0.15) is 0 Å². The predicted octanol–water partition coefficient (Wildman–Crippen LogP) is 3.27. The van der Waals surface area contributed by atoms with Crippen LogP contribution in [0.25, 0.3) is 0 Å². The first-order chi connectivity index (χ1) is 11.0. The average molecular weight is 336 g/mol. The van der Waals surface area contributed by atoms with Crippen molar-refractivity contribution in [3.05, 3.63) is 39.2 Å². The first-order valence-corrected chi connectivity index (χ1v) is 8.31. The van der Waals surface area contributed by atoms with E-state index in [-0.39, 0.29) is 23.7 Å². The van der Waals surface area contributed by atoms with Gasteiger partial charge in [0.15, 0.2) is 5.76 Å². The zero-order valence-electron chi connectivity index (χ0n) is 13.6. The fourth-order valence-electron chi connectivity index (χ4n) is 2.01. The summed E-state index contributed by atoms with van der Waals surface area (Å²) in [7, 11) is 0. The van der Waals surface area contributed by atoms with E-state index in [1.807, 2.05) is 13.8 Å². The maximum absolute atomic E-state index is 12.2. The minimum absolute atomic E-state index is 0.271. The molecule has 0 bridgehead atoms. The van der Waals surface area contributed by atoms with Crippen LogP contribution < -0.4 is 5.32 Å². The maximum Gasteiger partial charge on any atom is 0.350 e. The van der Waals surface area contributed by atoms with Crippen LogP contribution in [-0.2, 0) is 11.2 Å². The highest BCUT2D eigenvalue weighted by molar-refractivity contribution is 7.13. The van der Waals surface area contributed by atoms with E-state index in [0.29, 0.717) is 22.2 Å². The van der Waals surface area contributed by atoms with Gasteiger partial charge in [0.1, 0.15) is 15.6 Å². The van der Waals surface area contributed by atoms with Gasteiger partial charge in [-0.25, -0.2) is 9.78 Å². The van der Waals surface area contributed by atoms with Crippen molar-refractivity contribution in [1.82, 2.24) is 10.3 Å². The third-order valence-electron chi connectivity index (χ3n) is 3.23. The summed E-state index contributed by atoms with van der Waals surface area (Å²) in [4.78, 5) is 28.8. The molecule has 0 saturated heterocycles. The minimum Gasteiger partial charge on any atom is -0.462 e. The van der Waals surface area contributed by atoms with Crippen LogP contribution in [0.15, 0.2) is 16.5 Å². The fraction of sp³-hybridized carbons (Fsp3) is 0.438. The Morgan fingerprint density at radius 3 is 2.74 bits per heavy atom. The van der Waals surface area contributed by atoms with Crippen LogP contribution in [0.1, 0.15) is 63.5 Å². The zero-order valence-corrected chi connectivity index (χ0v) is 14.5. The monoisotopic (exact) mass is 336 g/mol. The Bertz CT molecular complexity index is 705. The van der Waals surface area contributed by atoms with Crippen molar-refractivity contribution < 1.29 is 18.7 Å². The second kappa shape index (κ2) is 7.41. The summed E-state index contributed by atoms with van der Waals surface area (Å²) >= 11 is 1.23. The number of carbonyl (C=O) groups is 2. The SMILES string of the molecule is CCOC(=O)c1sc(C(C)NC(=O)c2ccc(CC)o2)nc1C. The van der Waals surface area contributed by atoms with E-state index in [1.165, 1.54) is 11.3 Å². The lowest BCUT2D eigenvalue weighted by Crippen LogP contribution is -2.26. The quantitative estimate of drug-likeness (QED) is 0.819. The van der Waals surface area contributed by atoms with Crippen molar-refractivity contribution in [2.45, 2.75) is 40.2 Å². The number of aryl methyl sites for hydroxylation is 2. The second-order valence-corrected chi connectivity index (χ2v) is 6.03. The van der Waals surface area contributed by atoms with Crippen molar-refractivity contribution in [2.75, 3.05) is 6.61 Å². The molecule has 2 heterocycles. The number of carbonyl (C=O) groups excluding carboxylic acids is 2. The molecule has 2 aromatic rings. The summed E-state index contributed by atoms with van der Waals surface area (Å²) in [6, 6.07) is 3.11. The van der Waals surface area contributed by atoms with Crippen LogP contribution in [0.5, 0.6) is 0 Å². The molecule has 0 aliphatic carbocycles. The number of nitrogens with zero attached hydrogens (tertiary/aromatic N) is 1. The zero-order chi connectivity index (χ0) is 17.0. The first kappa shape index (κ1) is 17.2. The molecule has 1 atom stereocenters. The van der Waals surface area contributed by atoms with Gasteiger partial charge in [0.2, 0.25) is 0 Å². The van der Waals surface area contributed by atoms with Gasteiger partial charge in [-0.3, -0.25) is 4.79 Å². The molecule has 0 radical (unpaired) electrons. The molecule has 23 heavy (non-hydrogen) atoms. The lowest BCUT2D eigenvalue weighted by Gasteiger charge is -2.09. The molecule has 1 N–H and O–H groups in total. The highest BCUT2D eigenvalue weighted by Gasteiger charge is 2.21. The van der Waals surface area contributed by atoms with Gasteiger partial charge in [-0.05, 0) is 32.9 Å². The highest BCUT2D eigenvalue weighted by atomic mass is 32.1. The van der Waals surface area contributed by atoms with Crippen LogP contribution in [0.4, 0.5) is 0 Å². The Hall–Kier alpha value is -2.15. The molecule has 124 valence electrons. The van der Waals surface area contributed by atoms with Gasteiger partial charge in [0, 0.05) is 6.42 Å². The summed E-state index contributed by atoms with van der Waals surface area (Å²) in [5, 5.41) is 3.48. The summed E-state index contributed by atoms with van der Waals surface area (Å²) in [6.45, 7) is 7.59. The number of nitrogens with one attached hydrogen (secondary N) is 1. The van der Waals surface area contributed by atoms with Gasteiger partial charge >= 0.3 is 5.97 Å². The van der Waals surface area contributed by atoms with Crippen molar-refractivity contribution in [1.29, 1.82) is 0 Å². The number of esters is 1. The highest BCUT2D eigenvalue weighted by Crippen LogP contribution is 2.24. The molecule has 7 heteroatoms. The Morgan fingerprint density at radius 1 is 1.39 bits per heavy atom. The average Bonchev–Trinajstić information content (AvgIpc) is 3.13. The number of amides is 1. The Kier molecular flexibility index (Phi) is 5.54. The number of ether oxygens (including phenoxy) is 1. The summed E-state index contributed by atoms with van der Waals surface area (Å²) < 4.78 is 10.4. The number of furan rings is 1. The maximum atomic E-state index is 12.2. The van der Waals surface area contributed by atoms with E-state index in [1.54, 1.807) is 26.0 Å². The Balaban J connectivity index is 2.08.